The number of methoxy groups -OCH3 is 1. The summed E-state index contributed by atoms with van der Waals surface area (Å²) in [7, 11) is 1.28. The number of ether oxygens (including phenoxy) is 1. The smallest absolute Gasteiger partial charge is 0.360 e. The molecule has 2 aromatic heterocycles. The number of halogens is 1. The predicted molar refractivity (Wildman–Crippen MR) is 77.7 cm³/mol. The summed E-state index contributed by atoms with van der Waals surface area (Å²) in [5.74, 6) is -0.592. The Morgan fingerprint density at radius 1 is 1.40 bits per heavy atom. The second-order valence-electron chi connectivity index (χ2n) is 3.64. The van der Waals surface area contributed by atoms with Crippen LogP contribution in [0.3, 0.4) is 0 Å². The van der Waals surface area contributed by atoms with Crippen LogP contribution in [0.4, 0.5) is 11.4 Å². The molecule has 0 amide bonds. The fourth-order valence-corrected chi connectivity index (χ4v) is 1.95. The van der Waals surface area contributed by atoms with Crippen LogP contribution in [0.5, 0.6) is 0 Å². The highest BCUT2D eigenvalue weighted by molar-refractivity contribution is 7.98. The van der Waals surface area contributed by atoms with Crippen molar-refractivity contribution >= 4 is 40.7 Å². The lowest BCUT2D eigenvalue weighted by molar-refractivity contribution is 0.0594. The highest BCUT2D eigenvalue weighted by Crippen LogP contribution is 2.23. The number of hydrogen-bond acceptors (Lipinski definition) is 7. The molecule has 0 fully saturated rings. The summed E-state index contributed by atoms with van der Waals surface area (Å²) in [5.41, 5.74) is 1.18. The average Bonchev–Trinajstić information content (AvgIpc) is 2.47. The third-order valence-electron chi connectivity index (χ3n) is 2.37. The molecule has 2 aromatic rings. The Bertz CT molecular complexity index is 621. The van der Waals surface area contributed by atoms with Crippen LogP contribution in [0.15, 0.2) is 29.4 Å². The Morgan fingerprint density at radius 2 is 2.20 bits per heavy atom. The Labute approximate surface area is 124 Å². The SMILES string of the molecule is COC(=O)c1nnc(Cl)cc1Nc1ccc(SC)nc1. The van der Waals surface area contributed by atoms with E-state index in [4.69, 9.17) is 11.6 Å². The first-order chi connectivity index (χ1) is 9.63. The zero-order valence-electron chi connectivity index (χ0n) is 10.8. The third-order valence-corrected chi connectivity index (χ3v) is 3.21. The topological polar surface area (TPSA) is 77.0 Å². The molecule has 0 saturated heterocycles. The van der Waals surface area contributed by atoms with Crippen LogP contribution in [0.25, 0.3) is 0 Å². The Balaban J connectivity index is 2.31. The molecule has 0 aliphatic heterocycles. The van der Waals surface area contributed by atoms with Gasteiger partial charge in [-0.2, -0.15) is 0 Å². The van der Waals surface area contributed by atoms with Crippen molar-refractivity contribution in [3.8, 4) is 0 Å². The minimum absolute atomic E-state index is 0.0610. The minimum atomic E-state index is -0.592. The van der Waals surface area contributed by atoms with E-state index < -0.39 is 5.97 Å². The first kappa shape index (κ1) is 14.5. The molecular weight excluding hydrogens is 300 g/mol. The van der Waals surface area contributed by atoms with Gasteiger partial charge in [-0.05, 0) is 18.4 Å². The van der Waals surface area contributed by atoms with Gasteiger partial charge in [0.2, 0.25) is 0 Å². The van der Waals surface area contributed by atoms with E-state index in [-0.39, 0.29) is 10.8 Å². The number of hydrogen-bond donors (Lipinski definition) is 1. The molecule has 0 radical (unpaired) electrons. The molecule has 0 aliphatic carbocycles. The largest absolute Gasteiger partial charge is 0.464 e. The lowest BCUT2D eigenvalue weighted by atomic mass is 10.3. The van der Waals surface area contributed by atoms with Crippen LogP contribution in [0, 0.1) is 0 Å². The first-order valence-electron chi connectivity index (χ1n) is 5.52. The standard InChI is InChI=1S/C12H11ClN4O2S/c1-19-12(18)11-8(5-9(13)16-17-11)15-7-3-4-10(20-2)14-6-7/h3-6H,1-2H3,(H,15,16). The quantitative estimate of drug-likeness (QED) is 0.687. The number of aromatic nitrogens is 3. The van der Waals surface area contributed by atoms with E-state index in [0.717, 1.165) is 5.03 Å². The van der Waals surface area contributed by atoms with Crippen LogP contribution in [-0.2, 0) is 4.74 Å². The van der Waals surface area contributed by atoms with Crippen molar-refractivity contribution in [2.75, 3.05) is 18.7 Å². The average molecular weight is 311 g/mol. The first-order valence-corrected chi connectivity index (χ1v) is 7.13. The van der Waals surface area contributed by atoms with Crippen LogP contribution < -0.4 is 5.32 Å². The number of thioether (sulfide) groups is 1. The molecule has 0 aliphatic rings. The van der Waals surface area contributed by atoms with Crippen LogP contribution in [0.2, 0.25) is 5.15 Å². The van der Waals surface area contributed by atoms with Gasteiger partial charge in [-0.15, -0.1) is 22.0 Å². The highest BCUT2D eigenvalue weighted by Gasteiger charge is 2.15. The Morgan fingerprint density at radius 3 is 2.80 bits per heavy atom. The van der Waals surface area contributed by atoms with Crippen molar-refractivity contribution < 1.29 is 9.53 Å². The summed E-state index contributed by atoms with van der Waals surface area (Å²) in [6.07, 6.45) is 3.60. The van der Waals surface area contributed by atoms with E-state index in [2.05, 4.69) is 25.2 Å². The van der Waals surface area contributed by atoms with Crippen molar-refractivity contribution in [1.29, 1.82) is 0 Å². The lowest BCUT2D eigenvalue weighted by Gasteiger charge is -2.09. The van der Waals surface area contributed by atoms with Crippen LogP contribution in [-0.4, -0.2) is 34.5 Å². The number of pyridine rings is 1. The van der Waals surface area contributed by atoms with Gasteiger partial charge in [0.25, 0.3) is 0 Å². The number of nitrogens with one attached hydrogen (secondary N) is 1. The molecule has 2 rings (SSSR count). The van der Waals surface area contributed by atoms with Gasteiger partial charge in [-0.3, -0.25) is 0 Å². The second kappa shape index (κ2) is 6.53. The monoisotopic (exact) mass is 310 g/mol. The third kappa shape index (κ3) is 3.37. The number of nitrogens with zero attached hydrogens (tertiary/aromatic N) is 3. The molecule has 0 spiro atoms. The van der Waals surface area contributed by atoms with E-state index in [1.54, 1.807) is 18.0 Å². The maximum absolute atomic E-state index is 11.6. The van der Waals surface area contributed by atoms with Gasteiger partial charge in [-0.25, -0.2) is 9.78 Å². The molecule has 6 nitrogen and oxygen atoms in total. The van der Waals surface area contributed by atoms with E-state index >= 15 is 0 Å². The summed E-state index contributed by atoms with van der Waals surface area (Å²) in [6, 6.07) is 5.21. The molecule has 0 saturated carbocycles. The number of carbonyl (C=O) groups is 1. The molecule has 2 heterocycles. The minimum Gasteiger partial charge on any atom is -0.464 e. The van der Waals surface area contributed by atoms with Crippen molar-refractivity contribution in [3.05, 3.63) is 35.2 Å². The fourth-order valence-electron chi connectivity index (χ4n) is 1.44. The molecule has 8 heteroatoms. The molecule has 0 bridgehead atoms. The predicted octanol–water partition coefficient (Wildman–Crippen LogP) is 2.78. The van der Waals surface area contributed by atoms with Crippen LogP contribution in [0.1, 0.15) is 10.5 Å². The normalized spacial score (nSPS) is 10.2. The number of rotatable bonds is 4. The molecule has 0 unspecified atom stereocenters. The summed E-state index contributed by atoms with van der Waals surface area (Å²) >= 11 is 7.34. The number of carbonyl (C=O) groups excluding carboxylic acids is 1. The second-order valence-corrected chi connectivity index (χ2v) is 4.85. The van der Waals surface area contributed by atoms with Crippen molar-refractivity contribution in [2.45, 2.75) is 5.03 Å². The summed E-state index contributed by atoms with van der Waals surface area (Å²) in [5, 5.41) is 11.5. The molecule has 0 aromatic carbocycles. The fraction of sp³-hybridized carbons (Fsp3) is 0.167. The Kier molecular flexibility index (Phi) is 4.75. The van der Waals surface area contributed by atoms with Gasteiger partial charge in [0.15, 0.2) is 10.8 Å². The van der Waals surface area contributed by atoms with Crippen molar-refractivity contribution in [1.82, 2.24) is 15.2 Å². The maximum atomic E-state index is 11.6. The number of esters is 1. The van der Waals surface area contributed by atoms with Gasteiger partial charge in [-0.1, -0.05) is 11.6 Å². The van der Waals surface area contributed by atoms with Gasteiger partial charge < -0.3 is 10.1 Å². The highest BCUT2D eigenvalue weighted by atomic mass is 35.5. The molecular formula is C12H11ClN4O2S. The zero-order valence-corrected chi connectivity index (χ0v) is 12.3. The van der Waals surface area contributed by atoms with Gasteiger partial charge in [0, 0.05) is 6.07 Å². The van der Waals surface area contributed by atoms with Crippen molar-refractivity contribution in [2.24, 2.45) is 0 Å². The van der Waals surface area contributed by atoms with Crippen molar-refractivity contribution in [3.63, 3.8) is 0 Å². The summed E-state index contributed by atoms with van der Waals surface area (Å²) < 4.78 is 4.65. The van der Waals surface area contributed by atoms with Gasteiger partial charge in [0.05, 0.1) is 29.7 Å². The zero-order chi connectivity index (χ0) is 14.5. The molecule has 20 heavy (non-hydrogen) atoms. The Hall–Kier alpha value is -1.86. The van der Waals surface area contributed by atoms with E-state index in [0.29, 0.717) is 11.4 Å². The number of anilines is 2. The van der Waals surface area contributed by atoms with Gasteiger partial charge >= 0.3 is 5.97 Å². The molecule has 104 valence electrons. The van der Waals surface area contributed by atoms with E-state index in [9.17, 15) is 4.79 Å². The summed E-state index contributed by atoms with van der Waals surface area (Å²) in [6.45, 7) is 0. The van der Waals surface area contributed by atoms with Crippen LogP contribution >= 0.6 is 23.4 Å². The lowest BCUT2D eigenvalue weighted by Crippen LogP contribution is -2.09. The summed E-state index contributed by atoms with van der Waals surface area (Å²) in [4.78, 5) is 15.8. The maximum Gasteiger partial charge on any atom is 0.360 e. The van der Waals surface area contributed by atoms with E-state index in [1.807, 2.05) is 18.4 Å². The molecule has 0 atom stereocenters. The molecule has 1 N–H and O–H groups in total. The van der Waals surface area contributed by atoms with Gasteiger partial charge in [0.1, 0.15) is 0 Å². The van der Waals surface area contributed by atoms with E-state index in [1.165, 1.54) is 13.2 Å².